The first kappa shape index (κ1) is 9.99. The van der Waals surface area contributed by atoms with Crippen LogP contribution in [-0.4, -0.2) is 19.8 Å². The summed E-state index contributed by atoms with van der Waals surface area (Å²) in [4.78, 5) is 0. The molecule has 1 fully saturated rings. The average molecular weight is 256 g/mol. The highest BCUT2D eigenvalue weighted by Crippen LogP contribution is 2.16. The minimum atomic E-state index is 0.679. The fourth-order valence-electron chi connectivity index (χ4n) is 1.57. The van der Waals surface area contributed by atoms with Gasteiger partial charge in [0.2, 0.25) is 0 Å². The van der Waals surface area contributed by atoms with E-state index in [0.29, 0.717) is 5.92 Å². The Morgan fingerprint density at radius 3 is 2.79 bits per heavy atom. The van der Waals surface area contributed by atoms with Gasteiger partial charge in [0.15, 0.2) is 0 Å². The number of anilines is 1. The second kappa shape index (κ2) is 4.80. The Labute approximate surface area is 92.8 Å². The van der Waals surface area contributed by atoms with Crippen molar-refractivity contribution >= 4 is 21.6 Å². The number of hydrogen-bond acceptors (Lipinski definition) is 2. The second-order valence-electron chi connectivity index (χ2n) is 3.62. The van der Waals surface area contributed by atoms with Gasteiger partial charge in [0.1, 0.15) is 0 Å². The van der Waals surface area contributed by atoms with Gasteiger partial charge >= 0.3 is 0 Å². The molecule has 1 aromatic carbocycles. The molecule has 0 aromatic heterocycles. The monoisotopic (exact) mass is 255 g/mol. The summed E-state index contributed by atoms with van der Waals surface area (Å²) in [6.07, 6.45) is 1.18. The molecule has 1 aliphatic heterocycles. The van der Waals surface area contributed by atoms with Gasteiger partial charge < -0.3 is 10.1 Å². The van der Waals surface area contributed by atoms with Crippen molar-refractivity contribution in [3.05, 3.63) is 28.7 Å². The van der Waals surface area contributed by atoms with E-state index >= 15 is 0 Å². The summed E-state index contributed by atoms with van der Waals surface area (Å²) in [5, 5.41) is 3.41. The van der Waals surface area contributed by atoms with Gasteiger partial charge in [0.05, 0.1) is 6.61 Å². The molecule has 1 aromatic rings. The lowest BCUT2D eigenvalue weighted by molar-refractivity contribution is 0.187. The lowest BCUT2D eigenvalue weighted by Crippen LogP contribution is -2.13. The van der Waals surface area contributed by atoms with Crippen molar-refractivity contribution in [2.45, 2.75) is 6.42 Å². The fraction of sp³-hybridized carbons (Fsp3) is 0.455. The number of nitrogens with one attached hydrogen (secondary N) is 1. The SMILES string of the molecule is Brc1ccc(NCC2CCOC2)cc1. The smallest absolute Gasteiger partial charge is 0.0511 e. The van der Waals surface area contributed by atoms with Crippen molar-refractivity contribution in [3.8, 4) is 0 Å². The normalized spacial score (nSPS) is 21.1. The summed E-state index contributed by atoms with van der Waals surface area (Å²) in [6.45, 7) is 2.85. The summed E-state index contributed by atoms with van der Waals surface area (Å²) >= 11 is 3.42. The Hall–Kier alpha value is -0.540. The molecule has 2 rings (SSSR count). The van der Waals surface area contributed by atoms with E-state index in [1.54, 1.807) is 0 Å². The molecule has 1 aliphatic rings. The zero-order valence-electron chi connectivity index (χ0n) is 8.00. The van der Waals surface area contributed by atoms with Crippen molar-refractivity contribution in [1.29, 1.82) is 0 Å². The maximum Gasteiger partial charge on any atom is 0.0511 e. The molecule has 1 heterocycles. The molecule has 3 heteroatoms. The van der Waals surface area contributed by atoms with Crippen LogP contribution >= 0.6 is 15.9 Å². The first-order chi connectivity index (χ1) is 6.84. The lowest BCUT2D eigenvalue weighted by atomic mass is 10.1. The zero-order chi connectivity index (χ0) is 9.80. The topological polar surface area (TPSA) is 21.3 Å². The van der Waals surface area contributed by atoms with Crippen molar-refractivity contribution in [2.24, 2.45) is 5.92 Å². The summed E-state index contributed by atoms with van der Waals surface area (Å²) in [7, 11) is 0. The molecular formula is C11H14BrNO. The Balaban J connectivity index is 1.82. The molecule has 0 amide bonds. The Bertz CT molecular complexity index is 280. The second-order valence-corrected chi connectivity index (χ2v) is 4.53. The van der Waals surface area contributed by atoms with Crippen molar-refractivity contribution in [1.82, 2.24) is 0 Å². The number of hydrogen-bond donors (Lipinski definition) is 1. The highest BCUT2D eigenvalue weighted by molar-refractivity contribution is 9.10. The molecule has 1 saturated heterocycles. The number of rotatable bonds is 3. The Morgan fingerprint density at radius 1 is 1.36 bits per heavy atom. The third-order valence-corrected chi connectivity index (χ3v) is 2.99. The molecule has 76 valence electrons. The number of ether oxygens (including phenoxy) is 1. The minimum absolute atomic E-state index is 0.679. The fourth-order valence-corrected chi connectivity index (χ4v) is 1.84. The maximum absolute atomic E-state index is 5.32. The predicted molar refractivity (Wildman–Crippen MR) is 61.6 cm³/mol. The quantitative estimate of drug-likeness (QED) is 0.897. The van der Waals surface area contributed by atoms with Gasteiger partial charge in [-0.05, 0) is 30.7 Å². The molecule has 1 N–H and O–H groups in total. The van der Waals surface area contributed by atoms with Crippen LogP contribution in [0.5, 0.6) is 0 Å². The van der Waals surface area contributed by atoms with Crippen LogP contribution in [0.3, 0.4) is 0 Å². The average Bonchev–Trinajstić information content (AvgIpc) is 2.70. The van der Waals surface area contributed by atoms with Crippen LogP contribution in [0.2, 0.25) is 0 Å². The maximum atomic E-state index is 5.32. The summed E-state index contributed by atoms with van der Waals surface area (Å²) < 4.78 is 6.43. The summed E-state index contributed by atoms with van der Waals surface area (Å²) in [5.74, 6) is 0.679. The van der Waals surface area contributed by atoms with Crippen molar-refractivity contribution in [3.63, 3.8) is 0 Å². The molecular weight excluding hydrogens is 242 g/mol. The zero-order valence-corrected chi connectivity index (χ0v) is 9.59. The first-order valence-corrected chi connectivity index (χ1v) is 5.71. The molecule has 0 aliphatic carbocycles. The van der Waals surface area contributed by atoms with Crippen LogP contribution in [0.15, 0.2) is 28.7 Å². The van der Waals surface area contributed by atoms with Gasteiger partial charge in [-0.1, -0.05) is 15.9 Å². The minimum Gasteiger partial charge on any atom is -0.385 e. The largest absolute Gasteiger partial charge is 0.385 e. The van der Waals surface area contributed by atoms with Crippen LogP contribution in [0.4, 0.5) is 5.69 Å². The van der Waals surface area contributed by atoms with E-state index in [1.165, 1.54) is 12.1 Å². The molecule has 14 heavy (non-hydrogen) atoms. The third kappa shape index (κ3) is 2.72. The highest BCUT2D eigenvalue weighted by Gasteiger charge is 2.14. The van der Waals surface area contributed by atoms with E-state index in [-0.39, 0.29) is 0 Å². The lowest BCUT2D eigenvalue weighted by Gasteiger charge is -2.10. The van der Waals surface area contributed by atoms with Gasteiger partial charge in [0.25, 0.3) is 0 Å². The van der Waals surface area contributed by atoms with Crippen LogP contribution < -0.4 is 5.32 Å². The summed E-state index contributed by atoms with van der Waals surface area (Å²) in [6, 6.07) is 8.26. The molecule has 0 spiro atoms. The first-order valence-electron chi connectivity index (χ1n) is 4.92. The molecule has 0 radical (unpaired) electrons. The van der Waals surface area contributed by atoms with E-state index in [9.17, 15) is 0 Å². The van der Waals surface area contributed by atoms with Crippen molar-refractivity contribution in [2.75, 3.05) is 25.1 Å². The molecule has 0 bridgehead atoms. The predicted octanol–water partition coefficient (Wildman–Crippen LogP) is 2.90. The van der Waals surface area contributed by atoms with E-state index in [0.717, 1.165) is 24.2 Å². The highest BCUT2D eigenvalue weighted by atomic mass is 79.9. The van der Waals surface area contributed by atoms with Crippen molar-refractivity contribution < 1.29 is 4.74 Å². The van der Waals surface area contributed by atoms with E-state index in [2.05, 4.69) is 33.4 Å². The third-order valence-electron chi connectivity index (χ3n) is 2.46. The van der Waals surface area contributed by atoms with E-state index in [4.69, 9.17) is 4.74 Å². The van der Waals surface area contributed by atoms with Gasteiger partial charge in [-0.3, -0.25) is 0 Å². The van der Waals surface area contributed by atoms with Crippen LogP contribution in [-0.2, 0) is 4.74 Å². The van der Waals surface area contributed by atoms with Gasteiger partial charge in [-0.25, -0.2) is 0 Å². The van der Waals surface area contributed by atoms with Crippen LogP contribution in [0, 0.1) is 5.92 Å². The van der Waals surface area contributed by atoms with E-state index in [1.807, 2.05) is 12.1 Å². The van der Waals surface area contributed by atoms with E-state index < -0.39 is 0 Å². The molecule has 0 saturated carbocycles. The standard InChI is InChI=1S/C11H14BrNO/c12-10-1-3-11(4-2-10)13-7-9-5-6-14-8-9/h1-4,9,13H,5-8H2. The molecule has 1 unspecified atom stereocenters. The van der Waals surface area contributed by atoms with Gasteiger partial charge in [-0.15, -0.1) is 0 Å². The molecule has 2 nitrogen and oxygen atoms in total. The van der Waals surface area contributed by atoms with Gasteiger partial charge in [0, 0.05) is 29.2 Å². The molecule has 1 atom stereocenters. The van der Waals surface area contributed by atoms with Gasteiger partial charge in [-0.2, -0.15) is 0 Å². The van der Waals surface area contributed by atoms with Crippen LogP contribution in [0.1, 0.15) is 6.42 Å². The summed E-state index contributed by atoms with van der Waals surface area (Å²) in [5.41, 5.74) is 1.18. The number of benzene rings is 1. The Morgan fingerprint density at radius 2 is 2.14 bits per heavy atom. The van der Waals surface area contributed by atoms with Crippen LogP contribution in [0.25, 0.3) is 0 Å². The Kier molecular flexibility index (Phi) is 3.43. The number of halogens is 1.